The Balaban J connectivity index is 1.63. The molecule has 1 aromatic carbocycles. The van der Waals surface area contributed by atoms with Crippen LogP contribution in [0.2, 0.25) is 0 Å². The molecule has 0 aliphatic rings. The van der Waals surface area contributed by atoms with Crippen LogP contribution < -0.4 is 10.3 Å². The van der Waals surface area contributed by atoms with E-state index in [1.165, 1.54) is 17.7 Å². The van der Waals surface area contributed by atoms with Crippen LogP contribution in [0.5, 0.6) is 5.75 Å². The van der Waals surface area contributed by atoms with Gasteiger partial charge < -0.3 is 9.47 Å². The summed E-state index contributed by atoms with van der Waals surface area (Å²) in [5.74, 6) is 0.358. The van der Waals surface area contributed by atoms with Gasteiger partial charge in [0.05, 0.1) is 30.5 Å². The van der Waals surface area contributed by atoms with Gasteiger partial charge in [0.1, 0.15) is 10.6 Å². The predicted molar refractivity (Wildman–Crippen MR) is 101 cm³/mol. The lowest BCUT2D eigenvalue weighted by atomic mass is 10.2. The first-order valence-electron chi connectivity index (χ1n) is 8.52. The van der Waals surface area contributed by atoms with Crippen LogP contribution in [0.3, 0.4) is 0 Å². The monoisotopic (exact) mass is 372 g/mol. The second-order valence-corrected chi connectivity index (χ2v) is 6.52. The molecule has 3 rings (SSSR count). The van der Waals surface area contributed by atoms with E-state index >= 15 is 0 Å². The van der Waals surface area contributed by atoms with E-state index in [2.05, 4.69) is 4.98 Å². The normalized spacial score (nSPS) is 10.8. The molecule has 0 spiro atoms. The Labute approximate surface area is 155 Å². The molecule has 6 nitrogen and oxygen atoms in total. The van der Waals surface area contributed by atoms with Gasteiger partial charge in [0.15, 0.2) is 0 Å². The van der Waals surface area contributed by atoms with E-state index in [1.807, 2.05) is 30.3 Å². The number of fused-ring (bicyclic) bond motifs is 1. The van der Waals surface area contributed by atoms with Crippen LogP contribution >= 0.6 is 11.3 Å². The van der Waals surface area contributed by atoms with Crippen molar-refractivity contribution in [2.75, 3.05) is 13.2 Å². The van der Waals surface area contributed by atoms with Crippen molar-refractivity contribution in [1.29, 1.82) is 0 Å². The first-order valence-corrected chi connectivity index (χ1v) is 9.40. The van der Waals surface area contributed by atoms with E-state index in [0.29, 0.717) is 28.9 Å². The summed E-state index contributed by atoms with van der Waals surface area (Å²) in [5.41, 5.74) is 0.0920. The van der Waals surface area contributed by atoms with Crippen LogP contribution in [0.25, 0.3) is 10.2 Å². The fourth-order valence-corrected chi connectivity index (χ4v) is 3.44. The zero-order valence-electron chi connectivity index (χ0n) is 14.5. The first kappa shape index (κ1) is 18.1. The second kappa shape index (κ2) is 8.62. The number of rotatable bonds is 8. The molecular weight excluding hydrogens is 352 g/mol. The molecule has 7 heteroatoms. The minimum atomic E-state index is -0.480. The molecule has 2 aromatic heterocycles. The Hall–Kier alpha value is -2.67. The van der Waals surface area contributed by atoms with E-state index in [0.717, 1.165) is 18.6 Å². The van der Waals surface area contributed by atoms with Gasteiger partial charge in [-0.25, -0.2) is 9.78 Å². The van der Waals surface area contributed by atoms with Crippen LogP contribution in [-0.2, 0) is 11.3 Å². The number of aryl methyl sites for hydroxylation is 1. The fraction of sp³-hybridized carbons (Fsp3) is 0.316. The molecule has 0 radical (unpaired) electrons. The molecule has 0 saturated carbocycles. The maximum absolute atomic E-state index is 12.7. The SMILES string of the molecule is CCOC(=O)c1csc2ncn(CCCCOc3ccccc3)c(=O)c12. The third kappa shape index (κ3) is 4.11. The third-order valence-electron chi connectivity index (χ3n) is 3.86. The molecule has 26 heavy (non-hydrogen) atoms. The standard InChI is InChI=1S/C19H20N2O4S/c1-2-24-19(23)15-12-26-17-16(15)18(22)21(13-20-17)10-6-7-11-25-14-8-4-3-5-9-14/h3-5,8-9,12-13H,2,6-7,10-11H2,1H3. The van der Waals surface area contributed by atoms with Crippen LogP contribution in [0.1, 0.15) is 30.1 Å². The van der Waals surface area contributed by atoms with Gasteiger partial charge >= 0.3 is 5.97 Å². The van der Waals surface area contributed by atoms with Gasteiger partial charge in [-0.1, -0.05) is 18.2 Å². The van der Waals surface area contributed by atoms with Crippen molar-refractivity contribution in [2.24, 2.45) is 0 Å². The van der Waals surface area contributed by atoms with E-state index in [1.54, 1.807) is 16.9 Å². The zero-order chi connectivity index (χ0) is 18.4. The molecule has 0 N–H and O–H groups in total. The largest absolute Gasteiger partial charge is 0.494 e. The van der Waals surface area contributed by atoms with Gasteiger partial charge in [-0.2, -0.15) is 0 Å². The van der Waals surface area contributed by atoms with Crippen molar-refractivity contribution in [3.05, 3.63) is 58.0 Å². The van der Waals surface area contributed by atoms with Crippen molar-refractivity contribution in [3.8, 4) is 5.75 Å². The Morgan fingerprint density at radius 2 is 2.04 bits per heavy atom. The van der Waals surface area contributed by atoms with Gasteiger partial charge in [-0.3, -0.25) is 9.36 Å². The van der Waals surface area contributed by atoms with Gasteiger partial charge in [-0.15, -0.1) is 11.3 Å². The molecule has 0 saturated heterocycles. The van der Waals surface area contributed by atoms with Crippen LogP contribution in [0.4, 0.5) is 0 Å². The summed E-state index contributed by atoms with van der Waals surface area (Å²) in [7, 11) is 0. The lowest BCUT2D eigenvalue weighted by molar-refractivity contribution is 0.0529. The summed E-state index contributed by atoms with van der Waals surface area (Å²) in [4.78, 5) is 29.6. The number of carbonyl (C=O) groups is 1. The van der Waals surface area contributed by atoms with Crippen molar-refractivity contribution in [2.45, 2.75) is 26.3 Å². The van der Waals surface area contributed by atoms with E-state index in [9.17, 15) is 9.59 Å². The van der Waals surface area contributed by atoms with Gasteiger partial charge in [0, 0.05) is 11.9 Å². The summed E-state index contributed by atoms with van der Waals surface area (Å²) >= 11 is 1.28. The number of para-hydroxylation sites is 1. The summed E-state index contributed by atoms with van der Waals surface area (Å²) < 4.78 is 12.2. The van der Waals surface area contributed by atoms with E-state index in [-0.39, 0.29) is 12.2 Å². The maximum atomic E-state index is 12.7. The van der Waals surface area contributed by atoms with Gasteiger partial charge in [0.2, 0.25) is 0 Å². The highest BCUT2D eigenvalue weighted by Crippen LogP contribution is 2.21. The number of nitrogens with zero attached hydrogens (tertiary/aromatic N) is 2. The zero-order valence-corrected chi connectivity index (χ0v) is 15.3. The number of hydrogen-bond donors (Lipinski definition) is 0. The van der Waals surface area contributed by atoms with Gasteiger partial charge in [0.25, 0.3) is 5.56 Å². The first-order chi connectivity index (χ1) is 12.7. The number of thiophene rings is 1. The molecule has 0 aliphatic heterocycles. The number of carbonyl (C=O) groups excluding carboxylic acids is 1. The molecule has 2 heterocycles. The smallest absolute Gasteiger partial charge is 0.339 e. The minimum Gasteiger partial charge on any atom is -0.494 e. The summed E-state index contributed by atoms with van der Waals surface area (Å²) in [5, 5.41) is 1.98. The number of aromatic nitrogens is 2. The maximum Gasteiger partial charge on any atom is 0.339 e. The lowest BCUT2D eigenvalue weighted by Gasteiger charge is -2.07. The predicted octanol–water partition coefficient (Wildman–Crippen LogP) is 3.49. The molecule has 0 amide bonds. The molecule has 0 fully saturated rings. The minimum absolute atomic E-state index is 0.205. The molecule has 0 bridgehead atoms. The summed E-state index contributed by atoms with van der Waals surface area (Å²) in [6, 6.07) is 9.62. The van der Waals surface area contributed by atoms with Gasteiger partial charge in [-0.05, 0) is 31.9 Å². The van der Waals surface area contributed by atoms with Crippen LogP contribution in [0.15, 0.2) is 46.8 Å². The third-order valence-corrected chi connectivity index (χ3v) is 4.75. The van der Waals surface area contributed by atoms with Crippen molar-refractivity contribution < 1.29 is 14.3 Å². The number of ether oxygens (including phenoxy) is 2. The van der Waals surface area contributed by atoms with Crippen molar-refractivity contribution in [3.63, 3.8) is 0 Å². The van der Waals surface area contributed by atoms with Crippen LogP contribution in [0, 0.1) is 0 Å². The topological polar surface area (TPSA) is 70.4 Å². The number of esters is 1. The molecule has 0 unspecified atom stereocenters. The molecule has 0 aliphatic carbocycles. The average Bonchev–Trinajstić information content (AvgIpc) is 3.09. The van der Waals surface area contributed by atoms with E-state index in [4.69, 9.17) is 9.47 Å². The fourth-order valence-electron chi connectivity index (χ4n) is 2.58. The highest BCUT2D eigenvalue weighted by molar-refractivity contribution is 7.17. The lowest BCUT2D eigenvalue weighted by Crippen LogP contribution is -2.22. The average molecular weight is 372 g/mol. The van der Waals surface area contributed by atoms with Crippen molar-refractivity contribution in [1.82, 2.24) is 9.55 Å². The van der Waals surface area contributed by atoms with Crippen LogP contribution in [-0.4, -0.2) is 28.7 Å². The Morgan fingerprint density at radius 3 is 2.81 bits per heavy atom. The Kier molecular flexibility index (Phi) is 6.01. The molecule has 0 atom stereocenters. The number of hydrogen-bond acceptors (Lipinski definition) is 6. The highest BCUT2D eigenvalue weighted by Gasteiger charge is 2.18. The van der Waals surface area contributed by atoms with Crippen molar-refractivity contribution >= 4 is 27.5 Å². The number of unbranched alkanes of at least 4 members (excludes halogenated alkanes) is 1. The second-order valence-electron chi connectivity index (χ2n) is 5.66. The molecule has 136 valence electrons. The Morgan fingerprint density at radius 1 is 1.23 bits per heavy atom. The highest BCUT2D eigenvalue weighted by atomic mass is 32.1. The molecular formula is C19H20N2O4S. The Bertz CT molecular complexity index is 934. The summed E-state index contributed by atoms with van der Waals surface area (Å²) in [6.07, 6.45) is 3.13. The number of benzene rings is 1. The molecule has 3 aromatic rings. The quantitative estimate of drug-likeness (QED) is 0.447. The van der Waals surface area contributed by atoms with E-state index < -0.39 is 5.97 Å². The summed E-state index contributed by atoms with van der Waals surface area (Å²) in [6.45, 7) is 3.12.